The van der Waals surface area contributed by atoms with Crippen LogP contribution in [-0.2, 0) is 6.42 Å². The molecule has 1 N–H and O–H groups in total. The molecule has 1 aromatic heterocycles. The highest BCUT2D eigenvalue weighted by Gasteiger charge is 2.11. The average molecular weight is 336 g/mol. The quantitative estimate of drug-likeness (QED) is 0.808. The minimum Gasteiger partial charge on any atom is -0.461 e. The van der Waals surface area contributed by atoms with Crippen LogP contribution in [0.5, 0.6) is 0 Å². The first-order valence-electron chi connectivity index (χ1n) is 7.19. The molecule has 0 radical (unpaired) electrons. The lowest BCUT2D eigenvalue weighted by Gasteiger charge is -2.11. The summed E-state index contributed by atoms with van der Waals surface area (Å²) in [5.74, 6) is 1.96. The second-order valence-corrected chi connectivity index (χ2v) is 6.05. The topological polar surface area (TPSA) is 25.2 Å². The summed E-state index contributed by atoms with van der Waals surface area (Å²) < 4.78 is 7.10. The first-order valence-corrected chi connectivity index (χ1v) is 7.98. The van der Waals surface area contributed by atoms with E-state index in [2.05, 4.69) is 72.3 Å². The molecule has 0 amide bonds. The van der Waals surface area contributed by atoms with Crippen molar-refractivity contribution >= 4 is 15.9 Å². The van der Waals surface area contributed by atoms with Gasteiger partial charge in [-0.05, 0) is 60.4 Å². The van der Waals surface area contributed by atoms with E-state index in [4.69, 9.17) is 4.42 Å². The first-order chi connectivity index (χ1) is 9.61. The molecule has 2 nitrogen and oxygen atoms in total. The number of hydrogen-bond donors (Lipinski definition) is 1. The van der Waals surface area contributed by atoms with Gasteiger partial charge in [-0.15, -0.1) is 0 Å². The van der Waals surface area contributed by atoms with Crippen LogP contribution in [-0.4, -0.2) is 12.6 Å². The Morgan fingerprint density at radius 2 is 2.05 bits per heavy atom. The Morgan fingerprint density at radius 3 is 2.80 bits per heavy atom. The molecule has 1 heterocycles. The van der Waals surface area contributed by atoms with Crippen LogP contribution in [0.15, 0.2) is 39.2 Å². The van der Waals surface area contributed by atoms with E-state index in [0.717, 1.165) is 40.9 Å². The molecular formula is C17H22BrNO. The molecule has 3 heteroatoms. The number of rotatable bonds is 6. The molecule has 0 aliphatic rings. The zero-order valence-corrected chi connectivity index (χ0v) is 14.0. The number of benzene rings is 1. The number of aryl methyl sites for hydroxylation is 1. The molecule has 0 aliphatic heterocycles. The fourth-order valence-corrected chi connectivity index (χ4v) is 2.69. The summed E-state index contributed by atoms with van der Waals surface area (Å²) in [6.45, 7) is 7.52. The summed E-state index contributed by atoms with van der Waals surface area (Å²) in [6, 6.07) is 10.8. The van der Waals surface area contributed by atoms with Gasteiger partial charge in [0.1, 0.15) is 11.5 Å². The Labute approximate surface area is 129 Å². The number of furan rings is 1. The number of halogens is 1. The highest BCUT2D eigenvalue weighted by molar-refractivity contribution is 9.10. The van der Waals surface area contributed by atoms with Crippen molar-refractivity contribution in [2.75, 3.05) is 6.54 Å². The van der Waals surface area contributed by atoms with Crippen LogP contribution in [0.1, 0.15) is 31.6 Å². The van der Waals surface area contributed by atoms with Crippen molar-refractivity contribution in [1.29, 1.82) is 0 Å². The zero-order valence-electron chi connectivity index (χ0n) is 12.4. The molecule has 0 fully saturated rings. The van der Waals surface area contributed by atoms with E-state index in [1.807, 2.05) is 0 Å². The predicted octanol–water partition coefficient (Wildman–Crippen LogP) is 4.95. The van der Waals surface area contributed by atoms with Gasteiger partial charge in [0, 0.05) is 22.5 Å². The van der Waals surface area contributed by atoms with Gasteiger partial charge in [0.05, 0.1) is 0 Å². The van der Waals surface area contributed by atoms with Gasteiger partial charge in [-0.2, -0.15) is 0 Å². The minimum atomic E-state index is 0.440. The van der Waals surface area contributed by atoms with Gasteiger partial charge in [-0.1, -0.05) is 25.1 Å². The van der Waals surface area contributed by atoms with Crippen LogP contribution in [0.4, 0.5) is 0 Å². The Morgan fingerprint density at radius 1 is 1.25 bits per heavy atom. The Bertz CT molecular complexity index is 562. The monoisotopic (exact) mass is 335 g/mol. The fraction of sp³-hybridized carbons (Fsp3) is 0.412. The van der Waals surface area contributed by atoms with Crippen molar-refractivity contribution in [3.05, 3.63) is 46.1 Å². The smallest absolute Gasteiger partial charge is 0.135 e. The van der Waals surface area contributed by atoms with Crippen LogP contribution in [0.25, 0.3) is 11.3 Å². The summed E-state index contributed by atoms with van der Waals surface area (Å²) in [5, 5.41) is 3.48. The van der Waals surface area contributed by atoms with Crippen LogP contribution >= 0.6 is 15.9 Å². The van der Waals surface area contributed by atoms with Gasteiger partial charge < -0.3 is 9.73 Å². The van der Waals surface area contributed by atoms with Crippen molar-refractivity contribution < 1.29 is 4.42 Å². The molecule has 1 atom stereocenters. The van der Waals surface area contributed by atoms with E-state index in [-0.39, 0.29) is 0 Å². The van der Waals surface area contributed by atoms with Gasteiger partial charge >= 0.3 is 0 Å². The van der Waals surface area contributed by atoms with Crippen molar-refractivity contribution in [3.63, 3.8) is 0 Å². The number of hydrogen-bond acceptors (Lipinski definition) is 2. The molecule has 20 heavy (non-hydrogen) atoms. The Hall–Kier alpha value is -1.06. The molecule has 0 aliphatic carbocycles. The van der Waals surface area contributed by atoms with Crippen LogP contribution in [0.3, 0.4) is 0 Å². The SMILES string of the molecule is CCCNC(C)Cc1ccc(-c2cccc(C)c2Br)o1. The van der Waals surface area contributed by atoms with E-state index < -0.39 is 0 Å². The summed E-state index contributed by atoms with van der Waals surface area (Å²) in [5.41, 5.74) is 2.34. The predicted molar refractivity (Wildman–Crippen MR) is 88.0 cm³/mol. The van der Waals surface area contributed by atoms with E-state index in [1.54, 1.807) is 0 Å². The summed E-state index contributed by atoms with van der Waals surface area (Å²) in [4.78, 5) is 0. The van der Waals surface area contributed by atoms with Gasteiger partial charge in [0.2, 0.25) is 0 Å². The first kappa shape index (κ1) is 15.3. The van der Waals surface area contributed by atoms with Crippen LogP contribution in [0.2, 0.25) is 0 Å². The molecule has 0 saturated carbocycles. The lowest BCUT2D eigenvalue weighted by Crippen LogP contribution is -2.28. The standard InChI is InChI=1S/C17H22BrNO/c1-4-10-19-13(3)11-14-8-9-16(20-14)15-7-5-6-12(2)17(15)18/h5-9,13,19H,4,10-11H2,1-3H3. The molecule has 1 unspecified atom stereocenters. The normalized spacial score (nSPS) is 12.6. The van der Waals surface area contributed by atoms with E-state index in [1.165, 1.54) is 5.56 Å². The third-order valence-electron chi connectivity index (χ3n) is 3.37. The average Bonchev–Trinajstić information content (AvgIpc) is 2.88. The highest BCUT2D eigenvalue weighted by Crippen LogP contribution is 2.32. The lowest BCUT2D eigenvalue weighted by molar-refractivity contribution is 0.464. The molecule has 0 spiro atoms. The summed E-state index contributed by atoms with van der Waals surface area (Å²) in [6.07, 6.45) is 2.08. The highest BCUT2D eigenvalue weighted by atomic mass is 79.9. The minimum absolute atomic E-state index is 0.440. The third kappa shape index (κ3) is 3.74. The molecular weight excluding hydrogens is 314 g/mol. The van der Waals surface area contributed by atoms with Crippen molar-refractivity contribution in [2.24, 2.45) is 0 Å². The maximum absolute atomic E-state index is 5.99. The lowest BCUT2D eigenvalue weighted by atomic mass is 10.1. The Kier molecular flexibility index (Phi) is 5.44. The van der Waals surface area contributed by atoms with Crippen LogP contribution in [0, 0.1) is 6.92 Å². The molecule has 0 saturated heterocycles. The van der Waals surface area contributed by atoms with Gasteiger partial charge in [0.15, 0.2) is 0 Å². The van der Waals surface area contributed by atoms with Crippen LogP contribution < -0.4 is 5.32 Å². The molecule has 108 valence electrons. The molecule has 0 bridgehead atoms. The van der Waals surface area contributed by atoms with Gasteiger partial charge in [-0.3, -0.25) is 0 Å². The molecule has 2 rings (SSSR count). The maximum atomic E-state index is 5.99. The second kappa shape index (κ2) is 7.09. The van der Waals surface area contributed by atoms with E-state index in [0.29, 0.717) is 6.04 Å². The molecule has 1 aromatic carbocycles. The summed E-state index contributed by atoms with van der Waals surface area (Å²) in [7, 11) is 0. The third-order valence-corrected chi connectivity index (χ3v) is 4.42. The largest absolute Gasteiger partial charge is 0.461 e. The van der Waals surface area contributed by atoms with Crippen molar-refractivity contribution in [1.82, 2.24) is 5.32 Å². The maximum Gasteiger partial charge on any atom is 0.135 e. The van der Waals surface area contributed by atoms with Crippen molar-refractivity contribution in [3.8, 4) is 11.3 Å². The van der Waals surface area contributed by atoms with Gasteiger partial charge in [-0.25, -0.2) is 0 Å². The molecule has 2 aromatic rings. The van der Waals surface area contributed by atoms with Gasteiger partial charge in [0.25, 0.3) is 0 Å². The second-order valence-electron chi connectivity index (χ2n) is 5.26. The van der Waals surface area contributed by atoms with Crippen molar-refractivity contribution in [2.45, 2.75) is 39.7 Å². The Balaban J connectivity index is 2.11. The fourth-order valence-electron chi connectivity index (χ4n) is 2.23. The van der Waals surface area contributed by atoms with E-state index >= 15 is 0 Å². The summed E-state index contributed by atoms with van der Waals surface area (Å²) >= 11 is 3.64. The zero-order chi connectivity index (χ0) is 14.5. The van der Waals surface area contributed by atoms with E-state index in [9.17, 15) is 0 Å². The number of nitrogens with one attached hydrogen (secondary N) is 1.